The van der Waals surface area contributed by atoms with Gasteiger partial charge in [-0.05, 0) is 30.7 Å². The molecule has 1 fully saturated rings. The van der Waals surface area contributed by atoms with Crippen molar-refractivity contribution in [2.75, 3.05) is 31.0 Å². The summed E-state index contributed by atoms with van der Waals surface area (Å²) in [4.78, 5) is 17.4. The van der Waals surface area contributed by atoms with Crippen molar-refractivity contribution in [3.05, 3.63) is 41.1 Å². The molecule has 7 heteroatoms. The number of rotatable bonds is 3. The van der Waals surface area contributed by atoms with Crippen molar-refractivity contribution in [3.63, 3.8) is 0 Å². The number of amides is 1. The molecule has 4 heterocycles. The summed E-state index contributed by atoms with van der Waals surface area (Å²) in [6, 6.07) is 5.68. The molecule has 5 rings (SSSR count). The van der Waals surface area contributed by atoms with Crippen LogP contribution in [-0.4, -0.2) is 43.1 Å². The molecule has 28 heavy (non-hydrogen) atoms. The van der Waals surface area contributed by atoms with Crippen molar-refractivity contribution in [2.45, 2.75) is 32.4 Å². The summed E-state index contributed by atoms with van der Waals surface area (Å²) in [7, 11) is 0. The van der Waals surface area contributed by atoms with Crippen molar-refractivity contribution in [3.8, 4) is 17.2 Å². The van der Waals surface area contributed by atoms with Gasteiger partial charge in [0.2, 0.25) is 0 Å². The maximum Gasteiger partial charge on any atom is 0.253 e. The Kier molecular flexibility index (Phi) is 2.60. The lowest BCUT2D eigenvalue weighted by Crippen LogP contribution is -2.39. The van der Waals surface area contributed by atoms with E-state index in [4.69, 9.17) is 25.2 Å². The fourth-order valence-electron chi connectivity index (χ4n) is 3.27. The monoisotopic (exact) mass is 389 g/mol. The fourth-order valence-corrected chi connectivity index (χ4v) is 3.27. The third kappa shape index (κ3) is 3.10. The number of benzene rings is 1. The van der Waals surface area contributed by atoms with E-state index in [2.05, 4.69) is 10.3 Å². The summed E-state index contributed by atoms with van der Waals surface area (Å²) in [5.74, 6) is -0.0909. The summed E-state index contributed by atoms with van der Waals surface area (Å²) < 4.78 is 81.6. The van der Waals surface area contributed by atoms with Crippen LogP contribution in [0.4, 0.5) is 5.82 Å². The van der Waals surface area contributed by atoms with Gasteiger partial charge < -0.3 is 24.4 Å². The number of pyridine rings is 1. The number of aromatic nitrogens is 1. The molecule has 0 radical (unpaired) electrons. The number of hydrogen-bond acceptors (Lipinski definition) is 6. The van der Waals surface area contributed by atoms with E-state index in [0.29, 0.717) is 16.8 Å². The van der Waals surface area contributed by atoms with Crippen LogP contribution in [0.15, 0.2) is 24.3 Å². The summed E-state index contributed by atoms with van der Waals surface area (Å²) >= 11 is 0. The van der Waals surface area contributed by atoms with E-state index in [9.17, 15) is 4.79 Å². The topological polar surface area (TPSA) is 72.9 Å². The van der Waals surface area contributed by atoms with Crippen molar-refractivity contribution < 1.29 is 30.0 Å². The van der Waals surface area contributed by atoms with Gasteiger partial charge in [0.15, 0.2) is 11.5 Å². The molecule has 1 saturated heterocycles. The molecule has 1 aromatic heterocycles. The Morgan fingerprint density at radius 2 is 2.00 bits per heavy atom. The van der Waals surface area contributed by atoms with Gasteiger partial charge in [0.05, 0.1) is 23.3 Å². The second kappa shape index (κ2) is 6.89. The van der Waals surface area contributed by atoms with E-state index in [1.54, 1.807) is 13.0 Å². The number of piperidine rings is 1. The predicted molar refractivity (Wildman–Crippen MR) is 103 cm³/mol. The zero-order valence-electron chi connectivity index (χ0n) is 23.0. The lowest BCUT2D eigenvalue weighted by molar-refractivity contribution is 0.0965. The zero-order chi connectivity index (χ0) is 26.3. The van der Waals surface area contributed by atoms with Gasteiger partial charge in [-0.1, -0.05) is 0 Å². The Balaban J connectivity index is 1.39. The van der Waals surface area contributed by atoms with Crippen LogP contribution < -0.4 is 24.4 Å². The number of hydrogen-bond donors (Lipinski definition) is 1. The Bertz CT molecular complexity index is 1240. The first-order valence-electron chi connectivity index (χ1n) is 12.9. The Hall–Kier alpha value is -2.96. The Labute approximate surface area is 174 Å². The molecule has 3 aliphatic heterocycles. The van der Waals surface area contributed by atoms with Gasteiger partial charge in [0.1, 0.15) is 30.8 Å². The first-order chi connectivity index (χ1) is 16.6. The van der Waals surface area contributed by atoms with Crippen LogP contribution >= 0.6 is 0 Å². The van der Waals surface area contributed by atoms with Crippen molar-refractivity contribution in [2.24, 2.45) is 0 Å². The summed E-state index contributed by atoms with van der Waals surface area (Å²) in [6.07, 6.45) is -1.31. The quantitative estimate of drug-likeness (QED) is 0.869. The molecule has 0 spiro atoms. The molecule has 7 nitrogen and oxygen atoms in total. The molecule has 0 atom stereocenters. The highest BCUT2D eigenvalue weighted by atomic mass is 16.6. The lowest BCUT2D eigenvalue weighted by atomic mass is 10.1. The number of carbonyl (C=O) groups excluding carboxylic acids is 1. The molecular weight excluding hydrogens is 358 g/mol. The summed E-state index contributed by atoms with van der Waals surface area (Å²) in [5.41, 5.74) is 1.30. The van der Waals surface area contributed by atoms with Gasteiger partial charge in [-0.2, -0.15) is 0 Å². The molecule has 3 aliphatic rings. The third-order valence-electron chi connectivity index (χ3n) is 4.67. The average Bonchev–Trinajstić information content (AvgIpc) is 3.07. The number of ether oxygens (including phenoxy) is 3. The maximum absolute atomic E-state index is 11.9. The van der Waals surface area contributed by atoms with Gasteiger partial charge in [-0.25, -0.2) is 4.98 Å². The highest BCUT2D eigenvalue weighted by Gasteiger charge is 2.27. The number of aryl methyl sites for hydroxylation is 1. The molecule has 1 amide bonds. The summed E-state index contributed by atoms with van der Waals surface area (Å²) in [6.45, 7) is -8.00. The van der Waals surface area contributed by atoms with Crippen LogP contribution in [0.5, 0.6) is 17.2 Å². The molecule has 1 aromatic carbocycles. The average molecular weight is 389 g/mol. The minimum absolute atomic E-state index is 0.0194. The molecule has 0 saturated carbocycles. The smallest absolute Gasteiger partial charge is 0.253 e. The second-order valence-corrected chi connectivity index (χ2v) is 6.62. The zero-order valence-corrected chi connectivity index (χ0v) is 15.0. The second-order valence-electron chi connectivity index (χ2n) is 6.62. The molecule has 0 bridgehead atoms. The van der Waals surface area contributed by atoms with E-state index in [0.717, 1.165) is 4.90 Å². The number of nitrogens with one attached hydrogen (secondary N) is 1. The van der Waals surface area contributed by atoms with Crippen LogP contribution in [0.25, 0.3) is 0 Å². The van der Waals surface area contributed by atoms with Gasteiger partial charge in [-0.15, -0.1) is 0 Å². The van der Waals surface area contributed by atoms with Gasteiger partial charge >= 0.3 is 0 Å². The van der Waals surface area contributed by atoms with E-state index in [1.807, 2.05) is 0 Å². The largest absolute Gasteiger partial charge is 0.490 e. The van der Waals surface area contributed by atoms with Crippen LogP contribution in [0.2, 0.25) is 0 Å². The molecule has 0 aliphatic carbocycles. The van der Waals surface area contributed by atoms with E-state index >= 15 is 0 Å². The van der Waals surface area contributed by atoms with E-state index in [1.165, 1.54) is 18.2 Å². The van der Waals surface area contributed by atoms with Gasteiger partial charge in [0, 0.05) is 37.4 Å². The number of anilines is 1. The van der Waals surface area contributed by atoms with Crippen LogP contribution in [0.3, 0.4) is 0 Å². The van der Waals surface area contributed by atoms with Crippen molar-refractivity contribution >= 4 is 11.7 Å². The van der Waals surface area contributed by atoms with E-state index < -0.39 is 32.2 Å². The summed E-state index contributed by atoms with van der Waals surface area (Å²) in [5, 5.41) is 2.66. The maximum atomic E-state index is 11.9. The lowest BCUT2D eigenvalue weighted by Gasteiger charge is -2.34. The molecule has 1 N–H and O–H groups in total. The molecule has 0 unspecified atom stereocenters. The Morgan fingerprint density at radius 3 is 2.82 bits per heavy atom. The number of nitrogens with zero attached hydrogens (tertiary/aromatic N) is 2. The standard InChI is InChI=1S/C21H23N3O4/c1-13-10-16-17(12-22-21(16)25)23-20(13)24-6-4-14(5-7-24)28-15-2-3-18-19(11-15)27-9-8-26-18/h2-3,10-11,14H,4-9,12H2,1H3,(H,22,25)/i6D2,7D2,8D2,9D2. The highest BCUT2D eigenvalue weighted by Crippen LogP contribution is 2.35. The Morgan fingerprint density at radius 1 is 1.21 bits per heavy atom. The minimum atomic E-state index is -2.75. The van der Waals surface area contributed by atoms with Gasteiger partial charge in [-0.3, -0.25) is 4.79 Å². The van der Waals surface area contributed by atoms with Crippen LogP contribution in [0, 0.1) is 6.92 Å². The predicted octanol–water partition coefficient (Wildman–Crippen LogP) is 2.45. The van der Waals surface area contributed by atoms with E-state index in [-0.39, 0.29) is 48.4 Å². The first kappa shape index (κ1) is 10.5. The number of fused-ring (bicyclic) bond motifs is 2. The van der Waals surface area contributed by atoms with Crippen molar-refractivity contribution in [1.29, 1.82) is 0 Å². The molecular formula is C21H23N3O4. The minimum Gasteiger partial charge on any atom is -0.490 e. The van der Waals surface area contributed by atoms with Crippen LogP contribution in [-0.2, 0) is 6.54 Å². The fraction of sp³-hybridized carbons (Fsp3) is 0.429. The van der Waals surface area contributed by atoms with Crippen LogP contribution in [0.1, 0.15) is 45.4 Å². The normalized spacial score (nSPS) is 30.0. The first-order valence-corrected chi connectivity index (χ1v) is 8.87. The van der Waals surface area contributed by atoms with Crippen molar-refractivity contribution in [1.82, 2.24) is 10.3 Å². The number of carbonyl (C=O) groups is 1. The molecule has 146 valence electrons. The molecule has 2 aromatic rings. The SMILES string of the molecule is [2H]C1([2H])CC(Oc2ccc3c(c2)OC([2H])([2H])C([2H])([2H])O3)CC([2H])([2H])N1c1nc2c(cc1C)C(=O)NC2. The third-order valence-corrected chi connectivity index (χ3v) is 4.67. The highest BCUT2D eigenvalue weighted by molar-refractivity contribution is 5.98. The van der Waals surface area contributed by atoms with Gasteiger partial charge in [0.25, 0.3) is 5.91 Å².